The number of carbonyl (C=O) groups is 3. The molecule has 3 N–H and O–H groups in total. The maximum atomic E-state index is 16.1. The fourth-order valence-electron chi connectivity index (χ4n) is 8.49. The molecule has 2 aromatic rings. The summed E-state index contributed by atoms with van der Waals surface area (Å²) in [5, 5.41) is 3.18. The average molecular weight is 617 g/mol. The van der Waals surface area contributed by atoms with Crippen molar-refractivity contribution in [2.24, 2.45) is 28.4 Å². The Balaban J connectivity index is 1.49. The molecule has 2 amide bonds. The lowest BCUT2D eigenvalue weighted by molar-refractivity contribution is -0.135. The van der Waals surface area contributed by atoms with E-state index in [0.717, 1.165) is 12.8 Å². The van der Waals surface area contributed by atoms with Gasteiger partial charge in [0.15, 0.2) is 0 Å². The van der Waals surface area contributed by atoms with Gasteiger partial charge in [-0.05, 0) is 79.4 Å². The molecule has 2 aliphatic heterocycles. The third-order valence-corrected chi connectivity index (χ3v) is 11.2. The zero-order valence-electron chi connectivity index (χ0n) is 23.9. The first kappa shape index (κ1) is 29.5. The van der Waals surface area contributed by atoms with Crippen LogP contribution in [-0.4, -0.2) is 35.3 Å². The van der Waals surface area contributed by atoms with Crippen LogP contribution in [-0.2, 0) is 24.5 Å². The van der Waals surface area contributed by atoms with E-state index in [1.807, 2.05) is 6.07 Å². The maximum absolute atomic E-state index is 16.1. The van der Waals surface area contributed by atoms with E-state index in [9.17, 15) is 14.4 Å². The monoisotopic (exact) mass is 615 g/mol. The van der Waals surface area contributed by atoms with Gasteiger partial charge in [-0.3, -0.25) is 14.4 Å². The zero-order chi connectivity index (χ0) is 30.0. The zero-order valence-corrected chi connectivity index (χ0v) is 25.4. The highest BCUT2D eigenvalue weighted by Gasteiger charge is 2.72. The Hall–Kier alpha value is -2.55. The molecule has 1 aromatic heterocycles. The number of halogens is 3. The number of primary amides is 1. The fourth-order valence-corrected chi connectivity index (χ4v) is 8.81. The number of ketones is 1. The highest BCUT2D eigenvalue weighted by Crippen LogP contribution is 2.72. The third-order valence-electron chi connectivity index (χ3n) is 10.7. The van der Waals surface area contributed by atoms with Gasteiger partial charge >= 0.3 is 0 Å². The van der Waals surface area contributed by atoms with Crippen molar-refractivity contribution in [1.82, 2.24) is 4.98 Å². The second kappa shape index (κ2) is 10.6. The number of hydrogen-bond donors (Lipinski definition) is 2. The Kier molecular flexibility index (Phi) is 7.42. The molecule has 0 bridgehead atoms. The van der Waals surface area contributed by atoms with E-state index in [1.165, 1.54) is 6.07 Å². The SMILES string of the molecule is CC1(C)CCC2(CC1)C[C@@H](C(=O)C[C@@H]1CC[C@@H](C(N)=O)OC1)[C@H](c1cccc(Cl)c1F)[C@]21C(=O)Nc2nc(Cl)ccc21. The number of Topliss-reactive ketones (excluding diaryl/α,β-unsaturated/α-hetero) is 1. The summed E-state index contributed by atoms with van der Waals surface area (Å²) in [6.07, 6.45) is 4.25. The number of carbonyl (C=O) groups excluding carboxylic acids is 3. The number of nitrogens with zero attached hydrogens (tertiary/aromatic N) is 1. The number of rotatable bonds is 5. The number of benzene rings is 1. The van der Waals surface area contributed by atoms with Crippen LogP contribution in [0.25, 0.3) is 0 Å². The first-order valence-electron chi connectivity index (χ1n) is 14.7. The summed E-state index contributed by atoms with van der Waals surface area (Å²) in [6, 6.07) is 8.31. The topological polar surface area (TPSA) is 111 Å². The van der Waals surface area contributed by atoms with Crippen LogP contribution < -0.4 is 11.1 Å². The fraction of sp³-hybridized carbons (Fsp3) is 0.562. The Labute approximate surface area is 255 Å². The molecule has 3 fully saturated rings. The van der Waals surface area contributed by atoms with Crippen LogP contribution in [0.4, 0.5) is 10.2 Å². The molecule has 6 rings (SSSR count). The van der Waals surface area contributed by atoms with Crippen molar-refractivity contribution in [2.75, 3.05) is 11.9 Å². The van der Waals surface area contributed by atoms with Gasteiger partial charge in [-0.2, -0.15) is 0 Å². The van der Waals surface area contributed by atoms with E-state index in [1.54, 1.807) is 18.2 Å². The molecule has 3 heterocycles. The Morgan fingerprint density at radius 1 is 1.12 bits per heavy atom. The van der Waals surface area contributed by atoms with Gasteiger partial charge in [0.05, 0.1) is 17.0 Å². The summed E-state index contributed by atoms with van der Waals surface area (Å²) in [5.74, 6) is -2.57. The average Bonchev–Trinajstić information content (AvgIpc) is 3.40. The van der Waals surface area contributed by atoms with Gasteiger partial charge in [0.25, 0.3) is 0 Å². The molecular formula is C32H36Cl2FN3O4. The number of hydrogen-bond acceptors (Lipinski definition) is 5. The second-order valence-corrected chi connectivity index (χ2v) is 14.3. The van der Waals surface area contributed by atoms with E-state index in [4.69, 9.17) is 33.7 Å². The van der Waals surface area contributed by atoms with Crippen molar-refractivity contribution in [3.05, 3.63) is 57.5 Å². The molecule has 1 saturated heterocycles. The number of pyridine rings is 1. The van der Waals surface area contributed by atoms with E-state index in [-0.39, 0.29) is 51.8 Å². The summed E-state index contributed by atoms with van der Waals surface area (Å²) in [4.78, 5) is 45.0. The van der Waals surface area contributed by atoms with Gasteiger partial charge in [-0.1, -0.05) is 55.2 Å². The summed E-state index contributed by atoms with van der Waals surface area (Å²) in [7, 11) is 0. The van der Waals surface area contributed by atoms with Crippen LogP contribution >= 0.6 is 23.2 Å². The minimum absolute atomic E-state index is 0.0326. The van der Waals surface area contributed by atoms with Crippen molar-refractivity contribution in [2.45, 2.75) is 82.7 Å². The number of anilines is 1. The molecule has 10 heteroatoms. The largest absolute Gasteiger partial charge is 0.368 e. The number of aromatic nitrogens is 1. The maximum Gasteiger partial charge on any atom is 0.246 e. The molecule has 224 valence electrons. The minimum Gasteiger partial charge on any atom is -0.368 e. The molecule has 2 spiro atoms. The molecule has 0 unspecified atom stereocenters. The highest BCUT2D eigenvalue weighted by atomic mass is 35.5. The van der Waals surface area contributed by atoms with Crippen molar-refractivity contribution in [3.63, 3.8) is 0 Å². The normalized spacial score (nSPS) is 31.2. The Morgan fingerprint density at radius 2 is 1.86 bits per heavy atom. The predicted molar refractivity (Wildman–Crippen MR) is 158 cm³/mol. The lowest BCUT2D eigenvalue weighted by Crippen LogP contribution is -2.52. The van der Waals surface area contributed by atoms with Crippen LogP contribution in [0, 0.1) is 28.5 Å². The molecule has 5 atom stereocenters. The third kappa shape index (κ3) is 4.56. The van der Waals surface area contributed by atoms with Crippen LogP contribution in [0.2, 0.25) is 10.2 Å². The summed E-state index contributed by atoms with van der Waals surface area (Å²) in [6.45, 7) is 4.70. The van der Waals surface area contributed by atoms with Crippen LogP contribution in [0.1, 0.15) is 82.3 Å². The van der Waals surface area contributed by atoms with Crippen molar-refractivity contribution in [3.8, 4) is 0 Å². The van der Waals surface area contributed by atoms with Gasteiger partial charge in [-0.15, -0.1) is 0 Å². The first-order chi connectivity index (χ1) is 19.9. The van der Waals surface area contributed by atoms with Gasteiger partial charge in [-0.25, -0.2) is 9.37 Å². The first-order valence-corrected chi connectivity index (χ1v) is 15.5. The predicted octanol–water partition coefficient (Wildman–Crippen LogP) is 6.35. The molecule has 4 aliphatic rings. The second-order valence-electron chi connectivity index (χ2n) is 13.5. The van der Waals surface area contributed by atoms with E-state index >= 15 is 4.39 Å². The van der Waals surface area contributed by atoms with E-state index < -0.39 is 40.5 Å². The van der Waals surface area contributed by atoms with Crippen molar-refractivity contribution >= 4 is 46.6 Å². The standard InChI is InChI=1S/C32H36Cl2FN3O4/c1-30(2)10-12-31(13-11-30)15-19(22(39)14-17-6-8-23(27(36)40)42-16-17)25(18-4-3-5-21(33)26(18)35)32(31)20-7-9-24(34)37-28(20)38-29(32)41/h3-5,7,9,17,19,23,25H,6,8,10-16H2,1-2H3,(H2,36,40)(H,37,38,41)/t17-,19-,23-,25-,32+/m0/s1. The van der Waals surface area contributed by atoms with Gasteiger partial charge in [0, 0.05) is 23.8 Å². The number of fused-ring (bicyclic) bond motifs is 3. The summed E-state index contributed by atoms with van der Waals surface area (Å²) >= 11 is 12.6. The summed E-state index contributed by atoms with van der Waals surface area (Å²) < 4.78 is 21.7. The number of amides is 2. The van der Waals surface area contributed by atoms with Gasteiger partial charge in [0.1, 0.15) is 28.7 Å². The quantitative estimate of drug-likeness (QED) is 0.381. The lowest BCUT2D eigenvalue weighted by Gasteiger charge is -2.50. The van der Waals surface area contributed by atoms with Crippen molar-refractivity contribution < 1.29 is 23.5 Å². The van der Waals surface area contributed by atoms with Gasteiger partial charge in [0.2, 0.25) is 11.8 Å². The molecule has 1 aromatic carbocycles. The van der Waals surface area contributed by atoms with Crippen molar-refractivity contribution in [1.29, 1.82) is 0 Å². The molecule has 42 heavy (non-hydrogen) atoms. The van der Waals surface area contributed by atoms with Crippen LogP contribution in [0.15, 0.2) is 30.3 Å². The molecule has 2 aliphatic carbocycles. The Morgan fingerprint density at radius 3 is 2.52 bits per heavy atom. The highest BCUT2D eigenvalue weighted by molar-refractivity contribution is 6.31. The van der Waals surface area contributed by atoms with Gasteiger partial charge < -0.3 is 15.8 Å². The molecule has 7 nitrogen and oxygen atoms in total. The molecule has 0 radical (unpaired) electrons. The van der Waals surface area contributed by atoms with Crippen LogP contribution in [0.3, 0.4) is 0 Å². The summed E-state index contributed by atoms with van der Waals surface area (Å²) in [5.41, 5.74) is 4.60. The number of ether oxygens (including phenoxy) is 1. The van der Waals surface area contributed by atoms with E-state index in [0.29, 0.717) is 43.5 Å². The number of nitrogens with two attached hydrogens (primary N) is 1. The molecular weight excluding hydrogens is 580 g/mol. The minimum atomic E-state index is -1.23. The number of nitrogens with one attached hydrogen (secondary N) is 1. The smallest absolute Gasteiger partial charge is 0.246 e. The molecule has 2 saturated carbocycles. The Bertz CT molecular complexity index is 1450. The van der Waals surface area contributed by atoms with Crippen LogP contribution in [0.5, 0.6) is 0 Å². The van der Waals surface area contributed by atoms with E-state index in [2.05, 4.69) is 24.1 Å². The lowest BCUT2D eigenvalue weighted by atomic mass is 9.51.